The normalized spacial score (nSPS) is 14.9. The van der Waals surface area contributed by atoms with Crippen molar-refractivity contribution in [3.05, 3.63) is 50.9 Å². The van der Waals surface area contributed by atoms with Crippen molar-refractivity contribution in [1.29, 1.82) is 0 Å². The third kappa shape index (κ3) is 2.84. The quantitative estimate of drug-likeness (QED) is 0.557. The smallest absolute Gasteiger partial charge is 0.276 e. The second-order valence-electron chi connectivity index (χ2n) is 6.92. The van der Waals surface area contributed by atoms with E-state index in [4.69, 9.17) is 0 Å². The lowest BCUT2D eigenvalue weighted by molar-refractivity contribution is 0.0724. The van der Waals surface area contributed by atoms with Crippen LogP contribution in [-0.2, 0) is 0 Å². The van der Waals surface area contributed by atoms with E-state index in [0.29, 0.717) is 17.0 Å². The third-order valence-electron chi connectivity index (χ3n) is 5.10. The van der Waals surface area contributed by atoms with Crippen molar-refractivity contribution in [2.24, 2.45) is 0 Å². The number of hydrogen-bond acceptors (Lipinski definition) is 4. The first kappa shape index (κ1) is 16.3. The molecule has 136 valence electrons. The first-order valence-electron chi connectivity index (χ1n) is 9.08. The van der Waals surface area contributed by atoms with E-state index in [2.05, 4.69) is 15.0 Å². The predicted octanol–water partition coefficient (Wildman–Crippen LogP) is 3.76. The Bertz CT molecular complexity index is 1210. The van der Waals surface area contributed by atoms with Gasteiger partial charge < -0.3 is 14.9 Å². The number of piperidine rings is 1. The van der Waals surface area contributed by atoms with Gasteiger partial charge in [0.15, 0.2) is 5.69 Å². The number of nitrogens with one attached hydrogen (secondary N) is 2. The largest absolute Gasteiger partial charge is 0.353 e. The molecule has 0 spiro atoms. The molecule has 0 bridgehead atoms. The minimum absolute atomic E-state index is 0.0726. The lowest BCUT2D eigenvalue weighted by Crippen LogP contribution is -2.35. The van der Waals surface area contributed by atoms with Crippen LogP contribution in [-0.4, -0.2) is 38.8 Å². The van der Waals surface area contributed by atoms with Crippen molar-refractivity contribution in [3.8, 4) is 11.4 Å². The van der Waals surface area contributed by atoms with Crippen molar-refractivity contribution in [1.82, 2.24) is 19.9 Å². The molecular weight excluding hydrogens is 360 g/mol. The van der Waals surface area contributed by atoms with Gasteiger partial charge in [0, 0.05) is 40.3 Å². The van der Waals surface area contributed by atoms with Gasteiger partial charge in [-0.15, -0.1) is 11.3 Å². The van der Waals surface area contributed by atoms with Crippen LogP contribution in [0.1, 0.15) is 29.6 Å². The van der Waals surface area contributed by atoms with Gasteiger partial charge in [0.25, 0.3) is 11.5 Å². The van der Waals surface area contributed by atoms with Gasteiger partial charge in [-0.25, -0.2) is 4.98 Å². The highest BCUT2D eigenvalue weighted by Gasteiger charge is 2.19. The fourth-order valence-corrected chi connectivity index (χ4v) is 4.37. The van der Waals surface area contributed by atoms with Gasteiger partial charge in [0.05, 0.1) is 16.7 Å². The van der Waals surface area contributed by atoms with Gasteiger partial charge in [0.1, 0.15) is 0 Å². The SMILES string of the molecule is O=C(c1ccc2cc(-c3nc4cscc4[nH]c3=O)[nH]c2c1)N1CCCCC1. The van der Waals surface area contributed by atoms with Crippen LogP contribution in [0.2, 0.25) is 0 Å². The molecular formula is C20H18N4O2S. The highest BCUT2D eigenvalue weighted by molar-refractivity contribution is 7.09. The molecule has 1 fully saturated rings. The number of aromatic amines is 2. The highest BCUT2D eigenvalue weighted by atomic mass is 32.1. The second-order valence-corrected chi connectivity index (χ2v) is 7.67. The van der Waals surface area contributed by atoms with E-state index in [1.165, 1.54) is 17.8 Å². The Kier molecular flexibility index (Phi) is 3.82. The number of hydrogen-bond donors (Lipinski definition) is 2. The number of aromatic nitrogens is 3. The first-order chi connectivity index (χ1) is 13.2. The van der Waals surface area contributed by atoms with Crippen molar-refractivity contribution in [2.45, 2.75) is 19.3 Å². The van der Waals surface area contributed by atoms with Gasteiger partial charge in [0.2, 0.25) is 0 Å². The maximum Gasteiger partial charge on any atom is 0.276 e. The number of likely N-dealkylation sites (tertiary alicyclic amines) is 1. The fourth-order valence-electron chi connectivity index (χ4n) is 3.67. The zero-order valence-electron chi connectivity index (χ0n) is 14.6. The molecule has 1 saturated heterocycles. The number of amides is 1. The number of carbonyl (C=O) groups is 1. The number of thiophene rings is 1. The fraction of sp³-hybridized carbons (Fsp3) is 0.250. The van der Waals surface area contributed by atoms with E-state index >= 15 is 0 Å². The molecule has 27 heavy (non-hydrogen) atoms. The number of H-pyrrole nitrogens is 2. The van der Waals surface area contributed by atoms with E-state index < -0.39 is 0 Å². The van der Waals surface area contributed by atoms with Crippen LogP contribution in [0.3, 0.4) is 0 Å². The van der Waals surface area contributed by atoms with E-state index in [9.17, 15) is 9.59 Å². The molecule has 0 radical (unpaired) electrons. The standard InChI is InChI=1S/C20H18N4O2S/c25-19-18(22-16-10-27-11-17(16)23-19)15-8-12-4-5-13(9-14(12)21-15)20(26)24-6-2-1-3-7-24/h4-5,8-11,21H,1-3,6-7H2,(H,23,25). The highest BCUT2D eigenvalue weighted by Crippen LogP contribution is 2.24. The molecule has 1 aliphatic heterocycles. The summed E-state index contributed by atoms with van der Waals surface area (Å²) in [4.78, 5) is 37.7. The Morgan fingerprint density at radius 2 is 1.89 bits per heavy atom. The maximum atomic E-state index is 12.7. The Morgan fingerprint density at radius 3 is 2.74 bits per heavy atom. The molecule has 6 nitrogen and oxygen atoms in total. The summed E-state index contributed by atoms with van der Waals surface area (Å²) >= 11 is 1.50. The second kappa shape index (κ2) is 6.35. The Balaban J connectivity index is 1.54. The summed E-state index contributed by atoms with van der Waals surface area (Å²) in [7, 11) is 0. The first-order valence-corrected chi connectivity index (χ1v) is 10.0. The molecule has 1 aromatic carbocycles. The average molecular weight is 378 g/mol. The van der Waals surface area contributed by atoms with Crippen LogP contribution in [0.4, 0.5) is 0 Å². The molecule has 5 rings (SSSR count). The van der Waals surface area contributed by atoms with E-state index in [1.807, 2.05) is 39.9 Å². The van der Waals surface area contributed by atoms with Crippen LogP contribution >= 0.6 is 11.3 Å². The third-order valence-corrected chi connectivity index (χ3v) is 5.84. The number of benzene rings is 1. The van der Waals surface area contributed by atoms with Gasteiger partial charge >= 0.3 is 0 Å². The van der Waals surface area contributed by atoms with Gasteiger partial charge in [-0.1, -0.05) is 6.07 Å². The van der Waals surface area contributed by atoms with Gasteiger partial charge in [-0.05, 0) is 37.5 Å². The molecule has 4 aromatic rings. The summed E-state index contributed by atoms with van der Waals surface area (Å²) < 4.78 is 0. The molecule has 0 aliphatic carbocycles. The molecule has 7 heteroatoms. The average Bonchev–Trinajstić information content (AvgIpc) is 3.32. The molecule has 1 aliphatic rings. The summed E-state index contributed by atoms with van der Waals surface area (Å²) in [6.45, 7) is 1.65. The van der Waals surface area contributed by atoms with Crippen molar-refractivity contribution < 1.29 is 4.79 Å². The van der Waals surface area contributed by atoms with E-state index in [0.717, 1.165) is 47.9 Å². The van der Waals surface area contributed by atoms with Crippen molar-refractivity contribution >= 4 is 39.2 Å². The van der Waals surface area contributed by atoms with Crippen LogP contribution in [0.5, 0.6) is 0 Å². The number of carbonyl (C=O) groups excluding carboxylic acids is 1. The molecule has 0 saturated carbocycles. The lowest BCUT2D eigenvalue weighted by Gasteiger charge is -2.26. The maximum absolute atomic E-state index is 12.7. The monoisotopic (exact) mass is 378 g/mol. The van der Waals surface area contributed by atoms with Crippen LogP contribution in [0.25, 0.3) is 33.3 Å². The summed E-state index contributed by atoms with van der Waals surface area (Å²) in [5.41, 5.74) is 3.82. The van der Waals surface area contributed by atoms with Crippen molar-refractivity contribution in [3.63, 3.8) is 0 Å². The lowest BCUT2D eigenvalue weighted by atomic mass is 10.1. The van der Waals surface area contributed by atoms with Gasteiger partial charge in [-0.2, -0.15) is 0 Å². The Hall–Kier alpha value is -2.93. The van der Waals surface area contributed by atoms with E-state index in [-0.39, 0.29) is 11.5 Å². The molecule has 4 heterocycles. The van der Waals surface area contributed by atoms with Crippen molar-refractivity contribution in [2.75, 3.05) is 13.1 Å². The number of fused-ring (bicyclic) bond motifs is 2. The van der Waals surface area contributed by atoms with E-state index in [1.54, 1.807) is 0 Å². The molecule has 0 unspecified atom stereocenters. The molecule has 0 atom stereocenters. The zero-order chi connectivity index (χ0) is 18.4. The predicted molar refractivity (Wildman–Crippen MR) is 107 cm³/mol. The Morgan fingerprint density at radius 1 is 1.04 bits per heavy atom. The Labute approximate surface area is 158 Å². The number of rotatable bonds is 2. The van der Waals surface area contributed by atoms with Crippen LogP contribution in [0, 0.1) is 0 Å². The molecule has 1 amide bonds. The minimum Gasteiger partial charge on any atom is -0.353 e. The summed E-state index contributed by atoms with van der Waals surface area (Å²) in [5.74, 6) is 0.0726. The molecule has 3 aromatic heterocycles. The topological polar surface area (TPSA) is 81.8 Å². The summed E-state index contributed by atoms with van der Waals surface area (Å²) in [5, 5.41) is 4.73. The molecule has 2 N–H and O–H groups in total. The minimum atomic E-state index is -0.225. The zero-order valence-corrected chi connectivity index (χ0v) is 15.4. The van der Waals surface area contributed by atoms with Crippen LogP contribution < -0.4 is 5.56 Å². The summed E-state index contributed by atoms with van der Waals surface area (Å²) in [6, 6.07) is 7.55. The van der Waals surface area contributed by atoms with Gasteiger partial charge in [-0.3, -0.25) is 9.59 Å². The summed E-state index contributed by atoms with van der Waals surface area (Å²) in [6.07, 6.45) is 3.33. The number of nitrogens with zero attached hydrogens (tertiary/aromatic N) is 2. The van der Waals surface area contributed by atoms with Crippen LogP contribution in [0.15, 0.2) is 39.8 Å².